The number of hydrogen-bond donors (Lipinski definition) is 1. The van der Waals surface area contributed by atoms with E-state index in [0.29, 0.717) is 6.07 Å². The van der Waals surface area contributed by atoms with Gasteiger partial charge in [-0.3, -0.25) is 0 Å². The fourth-order valence-corrected chi connectivity index (χ4v) is 1.61. The van der Waals surface area contributed by atoms with Gasteiger partial charge in [0.25, 0.3) is 0 Å². The molecule has 1 N–H and O–H groups in total. The van der Waals surface area contributed by atoms with Crippen LogP contribution in [0.4, 0.5) is 17.6 Å². The minimum absolute atomic E-state index is 0.144. The summed E-state index contributed by atoms with van der Waals surface area (Å²) in [7, 11) is 0. The Hall–Kier alpha value is -1.10. The molecule has 1 rings (SSSR count). The smallest absolute Gasteiger partial charge is 0.388 e. The van der Waals surface area contributed by atoms with E-state index in [1.54, 1.807) is 6.92 Å². The second kappa shape index (κ2) is 5.26. The normalized spacial score (nSPS) is 15.8. The van der Waals surface area contributed by atoms with E-state index in [4.69, 9.17) is 0 Å². The molecule has 1 nitrogen and oxygen atoms in total. The average molecular weight is 264 g/mol. The van der Waals surface area contributed by atoms with Crippen molar-refractivity contribution in [1.82, 2.24) is 0 Å². The van der Waals surface area contributed by atoms with E-state index in [9.17, 15) is 22.7 Å². The summed E-state index contributed by atoms with van der Waals surface area (Å²) >= 11 is 0. The number of halogens is 4. The molecule has 0 aromatic heterocycles. The third kappa shape index (κ3) is 3.22. The van der Waals surface area contributed by atoms with E-state index < -0.39 is 23.7 Å². The molecule has 0 radical (unpaired) electrons. The molecule has 0 heterocycles. The number of aliphatic hydroxyl groups excluding tert-OH is 1. The fraction of sp³-hybridized carbons (Fsp3) is 0.538. The lowest BCUT2D eigenvalue weighted by Gasteiger charge is -2.23. The van der Waals surface area contributed by atoms with Crippen LogP contribution in [-0.2, 0) is 6.18 Å². The molecule has 0 aliphatic heterocycles. The summed E-state index contributed by atoms with van der Waals surface area (Å²) < 4.78 is 50.4. The first-order chi connectivity index (χ1) is 8.14. The summed E-state index contributed by atoms with van der Waals surface area (Å²) in [5, 5.41) is 9.93. The number of aliphatic hydroxyl groups is 1. The first kappa shape index (κ1) is 15.0. The average Bonchev–Trinajstić information content (AvgIpc) is 2.24. The maximum Gasteiger partial charge on any atom is 0.419 e. The van der Waals surface area contributed by atoms with Crippen LogP contribution < -0.4 is 0 Å². The van der Waals surface area contributed by atoms with Crippen molar-refractivity contribution in [2.24, 2.45) is 11.8 Å². The molecule has 0 bridgehead atoms. The second-order valence-corrected chi connectivity index (χ2v) is 4.79. The van der Waals surface area contributed by atoms with Crippen molar-refractivity contribution in [3.8, 4) is 0 Å². The lowest BCUT2D eigenvalue weighted by molar-refractivity contribution is -0.140. The monoisotopic (exact) mass is 264 g/mol. The molecule has 102 valence electrons. The van der Waals surface area contributed by atoms with Crippen LogP contribution in [0.1, 0.15) is 38.0 Å². The molecule has 0 spiro atoms. The molecule has 0 fully saturated rings. The van der Waals surface area contributed by atoms with E-state index in [2.05, 4.69) is 0 Å². The van der Waals surface area contributed by atoms with Crippen LogP contribution in [0.3, 0.4) is 0 Å². The molecule has 1 aromatic rings. The van der Waals surface area contributed by atoms with Gasteiger partial charge in [-0.25, -0.2) is 4.39 Å². The Kier molecular flexibility index (Phi) is 4.37. The van der Waals surface area contributed by atoms with Gasteiger partial charge in [0.05, 0.1) is 11.7 Å². The molecular formula is C13H16F4O. The van der Waals surface area contributed by atoms with Gasteiger partial charge >= 0.3 is 6.18 Å². The zero-order valence-electron chi connectivity index (χ0n) is 10.4. The first-order valence-electron chi connectivity index (χ1n) is 5.69. The minimum Gasteiger partial charge on any atom is -0.388 e. The largest absolute Gasteiger partial charge is 0.419 e. The first-order valence-corrected chi connectivity index (χ1v) is 5.69. The van der Waals surface area contributed by atoms with E-state index in [-0.39, 0.29) is 17.4 Å². The van der Waals surface area contributed by atoms with Gasteiger partial charge in [-0.1, -0.05) is 26.8 Å². The van der Waals surface area contributed by atoms with Crippen LogP contribution in [0, 0.1) is 17.7 Å². The van der Waals surface area contributed by atoms with Gasteiger partial charge in [-0.2, -0.15) is 13.2 Å². The van der Waals surface area contributed by atoms with Crippen LogP contribution in [-0.4, -0.2) is 5.11 Å². The van der Waals surface area contributed by atoms with Crippen molar-refractivity contribution in [2.75, 3.05) is 0 Å². The summed E-state index contributed by atoms with van der Waals surface area (Å²) in [6.45, 7) is 5.54. The van der Waals surface area contributed by atoms with Gasteiger partial charge in [0, 0.05) is 0 Å². The third-order valence-electron chi connectivity index (χ3n) is 3.19. The van der Waals surface area contributed by atoms with Gasteiger partial charge in [-0.05, 0) is 29.5 Å². The van der Waals surface area contributed by atoms with Crippen molar-refractivity contribution in [3.63, 3.8) is 0 Å². The van der Waals surface area contributed by atoms with Gasteiger partial charge in [0.1, 0.15) is 5.82 Å². The second-order valence-electron chi connectivity index (χ2n) is 4.79. The molecule has 2 unspecified atom stereocenters. The van der Waals surface area contributed by atoms with Crippen molar-refractivity contribution in [3.05, 3.63) is 35.1 Å². The summed E-state index contributed by atoms with van der Waals surface area (Å²) in [5.74, 6) is -1.37. The summed E-state index contributed by atoms with van der Waals surface area (Å²) in [6, 6.07) is 2.54. The number of hydrogen-bond acceptors (Lipinski definition) is 1. The highest BCUT2D eigenvalue weighted by Crippen LogP contribution is 2.34. The SMILES string of the molecule is CC(C)C(C)C(O)c1ccc(C(F)(F)F)c(F)c1. The predicted octanol–water partition coefficient (Wildman–Crippen LogP) is 4.17. The Morgan fingerprint density at radius 2 is 1.67 bits per heavy atom. The van der Waals surface area contributed by atoms with Crippen LogP contribution >= 0.6 is 0 Å². The highest BCUT2D eigenvalue weighted by atomic mass is 19.4. The number of alkyl halides is 3. The van der Waals surface area contributed by atoms with Crippen LogP contribution in [0.5, 0.6) is 0 Å². The van der Waals surface area contributed by atoms with E-state index in [1.807, 2.05) is 13.8 Å². The summed E-state index contributed by atoms with van der Waals surface area (Å²) in [4.78, 5) is 0. The zero-order valence-corrected chi connectivity index (χ0v) is 10.4. The summed E-state index contributed by atoms with van der Waals surface area (Å²) in [5.41, 5.74) is -1.14. The quantitative estimate of drug-likeness (QED) is 0.812. The van der Waals surface area contributed by atoms with Crippen molar-refractivity contribution in [1.29, 1.82) is 0 Å². The molecule has 0 aliphatic rings. The maximum atomic E-state index is 13.3. The molecular weight excluding hydrogens is 248 g/mol. The Labute approximate surface area is 103 Å². The molecule has 0 saturated heterocycles. The van der Waals surface area contributed by atoms with Gasteiger partial charge in [-0.15, -0.1) is 0 Å². The molecule has 0 aliphatic carbocycles. The van der Waals surface area contributed by atoms with Crippen molar-refractivity contribution < 1.29 is 22.7 Å². The lowest BCUT2D eigenvalue weighted by atomic mass is 9.88. The highest BCUT2D eigenvalue weighted by Gasteiger charge is 2.34. The topological polar surface area (TPSA) is 20.2 Å². The Bertz CT molecular complexity index is 412. The van der Waals surface area contributed by atoms with Crippen LogP contribution in [0.15, 0.2) is 18.2 Å². The van der Waals surface area contributed by atoms with Gasteiger partial charge < -0.3 is 5.11 Å². The molecule has 5 heteroatoms. The summed E-state index contributed by atoms with van der Waals surface area (Å²) in [6.07, 6.45) is -5.68. The maximum absolute atomic E-state index is 13.3. The van der Waals surface area contributed by atoms with E-state index in [0.717, 1.165) is 12.1 Å². The van der Waals surface area contributed by atoms with E-state index in [1.165, 1.54) is 0 Å². The van der Waals surface area contributed by atoms with Crippen molar-refractivity contribution >= 4 is 0 Å². The lowest BCUT2D eigenvalue weighted by Crippen LogP contribution is -2.16. The Balaban J connectivity index is 3.05. The molecule has 18 heavy (non-hydrogen) atoms. The number of rotatable bonds is 3. The zero-order chi connectivity index (χ0) is 14.1. The van der Waals surface area contributed by atoms with Crippen LogP contribution in [0.25, 0.3) is 0 Å². The standard InChI is InChI=1S/C13H16F4O/c1-7(2)8(3)12(18)9-4-5-10(11(14)6-9)13(15,16)17/h4-8,12,18H,1-3H3. The molecule has 0 amide bonds. The van der Waals surface area contributed by atoms with Crippen molar-refractivity contribution in [2.45, 2.75) is 33.1 Å². The molecule has 0 saturated carbocycles. The Morgan fingerprint density at radius 1 is 1.11 bits per heavy atom. The van der Waals surface area contributed by atoms with E-state index >= 15 is 0 Å². The third-order valence-corrected chi connectivity index (χ3v) is 3.19. The molecule has 2 atom stereocenters. The van der Waals surface area contributed by atoms with Crippen LogP contribution in [0.2, 0.25) is 0 Å². The fourth-order valence-electron chi connectivity index (χ4n) is 1.61. The minimum atomic E-state index is -4.71. The number of benzene rings is 1. The highest BCUT2D eigenvalue weighted by molar-refractivity contribution is 5.28. The van der Waals surface area contributed by atoms with Gasteiger partial charge in [0.15, 0.2) is 0 Å². The van der Waals surface area contributed by atoms with Gasteiger partial charge in [0.2, 0.25) is 0 Å². The predicted molar refractivity (Wildman–Crippen MR) is 60.4 cm³/mol. The Morgan fingerprint density at radius 3 is 2.06 bits per heavy atom. The molecule has 1 aromatic carbocycles.